The SMILES string of the molecule is [2H]CCC(C[2H])CCCC. The van der Waals surface area contributed by atoms with Crippen LogP contribution in [0.5, 0.6) is 0 Å². The molecule has 0 saturated heterocycles. The Morgan fingerprint density at radius 2 is 2.50 bits per heavy atom. The van der Waals surface area contributed by atoms with Gasteiger partial charge < -0.3 is 0 Å². The predicted molar refractivity (Wildman–Crippen MR) is 39.0 cm³/mol. The zero-order chi connectivity index (χ0) is 7.82. The molecule has 0 heterocycles. The molecule has 0 aliphatic heterocycles. The maximum absolute atomic E-state index is 7.16. The van der Waals surface area contributed by atoms with Gasteiger partial charge in [-0.05, 0) is 5.92 Å². The summed E-state index contributed by atoms with van der Waals surface area (Å²) in [5.41, 5.74) is 0. The molecule has 0 N–H and O–H groups in total. The van der Waals surface area contributed by atoms with Crippen molar-refractivity contribution in [2.45, 2.75) is 46.4 Å². The molecule has 50 valence electrons. The van der Waals surface area contributed by atoms with Crippen LogP contribution in [0.1, 0.15) is 49.1 Å². The Labute approximate surface area is 56.1 Å². The van der Waals surface area contributed by atoms with Gasteiger partial charge in [0.25, 0.3) is 0 Å². The van der Waals surface area contributed by atoms with Crippen molar-refractivity contribution in [1.82, 2.24) is 0 Å². The Morgan fingerprint density at radius 1 is 1.62 bits per heavy atom. The van der Waals surface area contributed by atoms with E-state index in [2.05, 4.69) is 6.92 Å². The first-order valence-electron chi connectivity index (χ1n) is 4.85. The fourth-order valence-corrected chi connectivity index (χ4v) is 0.637. The molecular formula is C8H18. The summed E-state index contributed by atoms with van der Waals surface area (Å²) in [6, 6.07) is 0. The summed E-state index contributed by atoms with van der Waals surface area (Å²) in [6.07, 6.45) is 4.51. The van der Waals surface area contributed by atoms with Crippen LogP contribution >= 0.6 is 0 Å². The fourth-order valence-electron chi connectivity index (χ4n) is 0.637. The van der Waals surface area contributed by atoms with E-state index >= 15 is 0 Å². The molecule has 0 spiro atoms. The van der Waals surface area contributed by atoms with Gasteiger partial charge in [-0.2, -0.15) is 0 Å². The molecule has 0 bridgehead atoms. The highest BCUT2D eigenvalue weighted by molar-refractivity contribution is 4.47. The van der Waals surface area contributed by atoms with Crippen molar-refractivity contribution >= 4 is 0 Å². The molecule has 8 heavy (non-hydrogen) atoms. The zero-order valence-corrected chi connectivity index (χ0v) is 5.82. The van der Waals surface area contributed by atoms with E-state index in [1.807, 2.05) is 0 Å². The minimum absolute atomic E-state index is 0.493. The van der Waals surface area contributed by atoms with E-state index in [1.54, 1.807) is 0 Å². The highest BCUT2D eigenvalue weighted by atomic mass is 14.0. The monoisotopic (exact) mass is 116 g/mol. The van der Waals surface area contributed by atoms with Gasteiger partial charge in [-0.25, -0.2) is 0 Å². The summed E-state index contributed by atoms with van der Waals surface area (Å²) in [5, 5.41) is 0. The van der Waals surface area contributed by atoms with E-state index in [1.165, 1.54) is 12.8 Å². The lowest BCUT2D eigenvalue weighted by Crippen LogP contribution is -1.89. The third-order valence-corrected chi connectivity index (χ3v) is 1.37. The zero-order valence-electron chi connectivity index (χ0n) is 7.82. The Bertz CT molecular complexity index is 64.3. The van der Waals surface area contributed by atoms with Crippen LogP contribution in [-0.2, 0) is 0 Å². The van der Waals surface area contributed by atoms with Gasteiger partial charge >= 0.3 is 0 Å². The van der Waals surface area contributed by atoms with Crippen molar-refractivity contribution in [1.29, 1.82) is 0 Å². The number of hydrogen-bond acceptors (Lipinski definition) is 0. The van der Waals surface area contributed by atoms with Gasteiger partial charge in [0.2, 0.25) is 0 Å². The average molecular weight is 116 g/mol. The predicted octanol–water partition coefficient (Wildman–Crippen LogP) is 3.22. The van der Waals surface area contributed by atoms with Crippen LogP contribution in [0.3, 0.4) is 0 Å². The molecule has 0 aromatic carbocycles. The Hall–Kier alpha value is 0. The minimum atomic E-state index is 0.493. The van der Waals surface area contributed by atoms with Gasteiger partial charge in [-0.15, -0.1) is 0 Å². The summed E-state index contributed by atoms with van der Waals surface area (Å²) >= 11 is 0. The largest absolute Gasteiger partial charge is 0.0654 e. The molecule has 0 heteroatoms. The molecule has 0 amide bonds. The van der Waals surface area contributed by atoms with Gasteiger partial charge in [0.15, 0.2) is 0 Å². The first-order chi connectivity index (χ1) is 4.85. The summed E-state index contributed by atoms with van der Waals surface area (Å²) < 4.78 is 14.1. The second-order valence-corrected chi connectivity index (χ2v) is 2.30. The standard InChI is InChI=1S/C8H18/c1-4-6-7-8(3)5-2/h8H,4-7H2,1-3H3/i2D,3D. The molecule has 0 aromatic rings. The van der Waals surface area contributed by atoms with E-state index in [9.17, 15) is 0 Å². The quantitative estimate of drug-likeness (QED) is 0.529. The molecule has 1 atom stereocenters. The van der Waals surface area contributed by atoms with Crippen molar-refractivity contribution in [2.24, 2.45) is 5.92 Å². The van der Waals surface area contributed by atoms with Gasteiger partial charge in [0.05, 0.1) is 0 Å². The average Bonchev–Trinajstić information content (AvgIpc) is 1.98. The maximum atomic E-state index is 7.16. The number of rotatable bonds is 4. The van der Waals surface area contributed by atoms with Crippen LogP contribution in [0.15, 0.2) is 0 Å². The normalized spacial score (nSPS) is 17.1. The fraction of sp³-hybridized carbons (Fsp3) is 1.00. The lowest BCUT2D eigenvalue weighted by molar-refractivity contribution is 0.492. The number of unbranched alkanes of at least 4 members (excludes halogenated alkanes) is 1. The lowest BCUT2D eigenvalue weighted by Gasteiger charge is -2.04. The van der Waals surface area contributed by atoms with Crippen LogP contribution in [0, 0.1) is 5.92 Å². The molecule has 0 radical (unpaired) electrons. The van der Waals surface area contributed by atoms with E-state index in [-0.39, 0.29) is 0 Å². The van der Waals surface area contributed by atoms with Gasteiger partial charge in [0.1, 0.15) is 0 Å². The maximum Gasteiger partial charge on any atom is 0.0233 e. The van der Waals surface area contributed by atoms with Crippen LogP contribution in [-0.4, -0.2) is 0 Å². The van der Waals surface area contributed by atoms with Crippen molar-refractivity contribution in [3.63, 3.8) is 0 Å². The highest BCUT2D eigenvalue weighted by Gasteiger charge is 1.94. The van der Waals surface area contributed by atoms with E-state index in [0.29, 0.717) is 19.7 Å². The smallest absolute Gasteiger partial charge is 0.0233 e. The van der Waals surface area contributed by atoms with Crippen molar-refractivity contribution in [3.8, 4) is 0 Å². The second kappa shape index (κ2) is 5.14. The summed E-state index contributed by atoms with van der Waals surface area (Å²) in [7, 11) is 0. The highest BCUT2D eigenvalue weighted by Crippen LogP contribution is 2.09. The minimum Gasteiger partial charge on any atom is -0.0654 e. The van der Waals surface area contributed by atoms with Gasteiger partial charge in [-0.3, -0.25) is 0 Å². The van der Waals surface area contributed by atoms with Crippen LogP contribution in [0.4, 0.5) is 0 Å². The number of hydrogen-bond donors (Lipinski definition) is 0. The summed E-state index contributed by atoms with van der Waals surface area (Å²) in [4.78, 5) is 0. The van der Waals surface area contributed by atoms with E-state index in [0.717, 1.165) is 12.8 Å². The third-order valence-electron chi connectivity index (χ3n) is 1.37. The Morgan fingerprint density at radius 3 is 3.00 bits per heavy atom. The molecule has 0 nitrogen and oxygen atoms in total. The topological polar surface area (TPSA) is 0 Å². The molecule has 1 unspecified atom stereocenters. The van der Waals surface area contributed by atoms with Crippen molar-refractivity contribution in [3.05, 3.63) is 0 Å². The summed E-state index contributed by atoms with van der Waals surface area (Å²) in [6.45, 7) is 3.17. The van der Waals surface area contributed by atoms with Crippen LogP contribution in [0.2, 0.25) is 0 Å². The molecular weight excluding hydrogens is 96.1 g/mol. The molecule has 0 rings (SSSR count). The van der Waals surface area contributed by atoms with E-state index < -0.39 is 0 Å². The van der Waals surface area contributed by atoms with E-state index in [4.69, 9.17) is 2.74 Å². The molecule has 0 aliphatic rings. The Kier molecular flexibility index (Phi) is 3.11. The second-order valence-electron chi connectivity index (χ2n) is 2.30. The first-order valence-corrected chi connectivity index (χ1v) is 3.43. The Balaban J connectivity index is 3.21. The van der Waals surface area contributed by atoms with Crippen molar-refractivity contribution < 1.29 is 2.74 Å². The summed E-state index contributed by atoms with van der Waals surface area (Å²) in [5.74, 6) is 0.498. The molecule has 0 aliphatic carbocycles. The van der Waals surface area contributed by atoms with Crippen LogP contribution < -0.4 is 0 Å². The molecule has 0 saturated carbocycles. The lowest BCUT2D eigenvalue weighted by atomic mass is 10.0. The van der Waals surface area contributed by atoms with Crippen LogP contribution in [0.25, 0.3) is 0 Å². The van der Waals surface area contributed by atoms with Gasteiger partial charge in [-0.1, -0.05) is 46.4 Å². The van der Waals surface area contributed by atoms with Crippen molar-refractivity contribution in [2.75, 3.05) is 0 Å². The van der Waals surface area contributed by atoms with Gasteiger partial charge in [0, 0.05) is 2.74 Å². The third kappa shape index (κ3) is 4.17. The first kappa shape index (κ1) is 4.84. The molecule has 0 fully saturated rings. The molecule has 0 aromatic heterocycles.